The molecular weight excluding hydrogens is 296 g/mol. The summed E-state index contributed by atoms with van der Waals surface area (Å²) in [7, 11) is 1.52. The molecule has 0 saturated heterocycles. The second kappa shape index (κ2) is 7.30. The van der Waals surface area contributed by atoms with Gasteiger partial charge in [0.05, 0.1) is 0 Å². The molecule has 1 heterocycles. The molecule has 1 aliphatic rings. The number of hydrogen-bond acceptors (Lipinski definition) is 4. The van der Waals surface area contributed by atoms with E-state index in [1.807, 2.05) is 13.0 Å². The first-order valence-corrected chi connectivity index (χ1v) is 8.01. The Labute approximate surface area is 134 Å². The van der Waals surface area contributed by atoms with Crippen LogP contribution in [0.25, 0.3) is 0 Å². The zero-order valence-corrected chi connectivity index (χ0v) is 13.7. The molecule has 1 amide bonds. The van der Waals surface area contributed by atoms with Gasteiger partial charge in [-0.25, -0.2) is 4.79 Å². The molecule has 23 heavy (non-hydrogen) atoms. The van der Waals surface area contributed by atoms with Crippen LogP contribution >= 0.6 is 0 Å². The second-order valence-electron chi connectivity index (χ2n) is 5.92. The van der Waals surface area contributed by atoms with E-state index in [4.69, 9.17) is 5.73 Å². The van der Waals surface area contributed by atoms with E-state index in [-0.39, 0.29) is 23.3 Å². The lowest BCUT2D eigenvalue weighted by atomic mass is 10.0. The summed E-state index contributed by atoms with van der Waals surface area (Å²) in [4.78, 5) is 39.9. The lowest BCUT2D eigenvalue weighted by Gasteiger charge is -2.21. The van der Waals surface area contributed by atoms with Gasteiger partial charge in [0.2, 0.25) is 5.91 Å². The lowest BCUT2D eigenvalue weighted by molar-refractivity contribution is -0.118. The molecule has 0 radical (unpaired) electrons. The average Bonchev–Trinajstić information content (AvgIpc) is 2.99. The Kier molecular flexibility index (Phi) is 5.41. The van der Waals surface area contributed by atoms with Gasteiger partial charge in [-0.2, -0.15) is 0 Å². The van der Waals surface area contributed by atoms with Crippen LogP contribution < -0.4 is 21.9 Å². The highest BCUT2D eigenvalue weighted by atomic mass is 16.2. The van der Waals surface area contributed by atoms with Crippen molar-refractivity contribution in [3.05, 3.63) is 33.0 Å². The molecule has 7 nitrogen and oxygen atoms in total. The highest BCUT2D eigenvalue weighted by Gasteiger charge is 2.23. The van der Waals surface area contributed by atoms with Crippen molar-refractivity contribution < 1.29 is 4.79 Å². The van der Waals surface area contributed by atoms with E-state index in [9.17, 15) is 14.4 Å². The largest absolute Gasteiger partial charge is 0.383 e. The molecule has 1 aliphatic carbocycles. The molecule has 0 aromatic carbocycles. The van der Waals surface area contributed by atoms with Crippen LogP contribution in [0.5, 0.6) is 0 Å². The number of aromatic nitrogens is 2. The Hall–Kier alpha value is -2.31. The number of hydrogen-bond donors (Lipinski definition) is 2. The monoisotopic (exact) mass is 320 g/mol. The molecule has 0 bridgehead atoms. The zero-order valence-electron chi connectivity index (χ0n) is 13.7. The molecule has 0 fully saturated rings. The number of allylic oxidation sites excluding steroid dienone is 2. The SMILES string of the molecule is CCCCn1c(N)c(N(C)C(=O)C[C@@H]2C=CCC2)c(=O)[nH]c1=O. The van der Waals surface area contributed by atoms with Crippen molar-refractivity contribution >= 4 is 17.4 Å². The normalized spacial score (nSPS) is 16.7. The summed E-state index contributed by atoms with van der Waals surface area (Å²) in [5.41, 5.74) is 4.89. The summed E-state index contributed by atoms with van der Waals surface area (Å²) in [6.07, 6.45) is 8.00. The van der Waals surface area contributed by atoms with Crippen LogP contribution in [0.4, 0.5) is 11.5 Å². The highest BCUT2D eigenvalue weighted by molar-refractivity contribution is 5.95. The van der Waals surface area contributed by atoms with Crippen molar-refractivity contribution in [1.29, 1.82) is 0 Å². The van der Waals surface area contributed by atoms with E-state index in [1.54, 1.807) is 0 Å². The van der Waals surface area contributed by atoms with Crippen LogP contribution in [0, 0.1) is 5.92 Å². The van der Waals surface area contributed by atoms with Crippen molar-refractivity contribution in [2.75, 3.05) is 17.7 Å². The molecule has 126 valence electrons. The summed E-state index contributed by atoms with van der Waals surface area (Å²) in [6, 6.07) is 0. The quantitative estimate of drug-likeness (QED) is 0.770. The van der Waals surface area contributed by atoms with Crippen molar-refractivity contribution in [1.82, 2.24) is 9.55 Å². The van der Waals surface area contributed by atoms with Crippen molar-refractivity contribution in [2.45, 2.75) is 45.6 Å². The van der Waals surface area contributed by atoms with Gasteiger partial charge >= 0.3 is 5.69 Å². The smallest absolute Gasteiger partial charge is 0.330 e. The molecule has 1 aromatic heterocycles. The first-order valence-electron chi connectivity index (χ1n) is 8.01. The Morgan fingerprint density at radius 3 is 2.83 bits per heavy atom. The summed E-state index contributed by atoms with van der Waals surface area (Å²) in [5, 5.41) is 0. The Morgan fingerprint density at radius 1 is 1.48 bits per heavy atom. The van der Waals surface area contributed by atoms with Gasteiger partial charge in [-0.3, -0.25) is 19.1 Å². The second-order valence-corrected chi connectivity index (χ2v) is 5.92. The number of nitrogens with zero attached hydrogens (tertiary/aromatic N) is 2. The van der Waals surface area contributed by atoms with Gasteiger partial charge in [-0.1, -0.05) is 25.5 Å². The predicted molar refractivity (Wildman–Crippen MR) is 90.5 cm³/mol. The van der Waals surface area contributed by atoms with Gasteiger partial charge in [-0.05, 0) is 25.2 Å². The van der Waals surface area contributed by atoms with Crippen molar-refractivity contribution in [3.63, 3.8) is 0 Å². The standard InChI is InChI=1S/C16H24N4O3/c1-3-4-9-20-14(17)13(15(22)18-16(20)23)19(2)12(21)10-11-7-5-6-8-11/h5,7,11H,3-4,6,8-10,17H2,1-2H3,(H,18,22,23)/t11-/m1/s1. The number of carbonyl (C=O) groups is 1. The van der Waals surface area contributed by atoms with E-state index in [0.717, 1.165) is 25.7 Å². The van der Waals surface area contributed by atoms with Crippen LogP contribution in [0.3, 0.4) is 0 Å². The van der Waals surface area contributed by atoms with E-state index < -0.39 is 11.2 Å². The number of H-pyrrole nitrogens is 1. The molecule has 0 aliphatic heterocycles. The van der Waals surface area contributed by atoms with E-state index >= 15 is 0 Å². The van der Waals surface area contributed by atoms with E-state index in [0.29, 0.717) is 13.0 Å². The minimum Gasteiger partial charge on any atom is -0.383 e. The molecule has 1 aromatic rings. The van der Waals surface area contributed by atoms with Crippen molar-refractivity contribution in [3.8, 4) is 0 Å². The van der Waals surface area contributed by atoms with Crippen LogP contribution in [-0.2, 0) is 11.3 Å². The summed E-state index contributed by atoms with van der Waals surface area (Å²) >= 11 is 0. The third kappa shape index (κ3) is 3.72. The fraction of sp³-hybridized carbons (Fsp3) is 0.562. The number of nitrogens with one attached hydrogen (secondary N) is 1. The summed E-state index contributed by atoms with van der Waals surface area (Å²) < 4.78 is 1.32. The maximum absolute atomic E-state index is 12.4. The molecule has 0 unspecified atom stereocenters. The molecule has 7 heteroatoms. The average molecular weight is 320 g/mol. The van der Waals surface area contributed by atoms with Gasteiger partial charge in [0.25, 0.3) is 5.56 Å². The summed E-state index contributed by atoms with van der Waals surface area (Å²) in [5.74, 6) is 0.0701. The fourth-order valence-corrected chi connectivity index (χ4v) is 2.79. The maximum atomic E-state index is 12.4. The predicted octanol–water partition coefficient (Wildman–Crippen LogP) is 1.24. The van der Waals surface area contributed by atoms with Crippen LogP contribution in [-0.4, -0.2) is 22.5 Å². The number of rotatable bonds is 6. The number of nitrogens with two attached hydrogens (primary N) is 1. The maximum Gasteiger partial charge on any atom is 0.330 e. The minimum absolute atomic E-state index is 0.0463. The number of unbranched alkanes of at least 4 members (excludes halogenated alkanes) is 1. The van der Waals surface area contributed by atoms with Crippen LogP contribution in [0.2, 0.25) is 0 Å². The Balaban J connectivity index is 2.29. The minimum atomic E-state index is -0.627. The first-order chi connectivity index (χ1) is 11.0. The molecule has 1 atom stereocenters. The van der Waals surface area contributed by atoms with Gasteiger partial charge in [0.15, 0.2) is 5.69 Å². The number of aromatic amines is 1. The van der Waals surface area contributed by atoms with Gasteiger partial charge < -0.3 is 10.6 Å². The third-order valence-corrected chi connectivity index (χ3v) is 4.21. The molecular formula is C16H24N4O3. The fourth-order valence-electron chi connectivity index (χ4n) is 2.79. The van der Waals surface area contributed by atoms with Gasteiger partial charge in [0, 0.05) is 20.0 Å². The topological polar surface area (TPSA) is 101 Å². The number of nitrogen functional groups attached to an aromatic ring is 1. The van der Waals surface area contributed by atoms with Gasteiger partial charge in [-0.15, -0.1) is 0 Å². The number of amides is 1. The summed E-state index contributed by atoms with van der Waals surface area (Å²) in [6.45, 7) is 2.41. The molecule has 3 N–H and O–H groups in total. The highest BCUT2D eigenvalue weighted by Crippen LogP contribution is 2.23. The number of anilines is 2. The Bertz CT molecular complexity index is 717. The van der Waals surface area contributed by atoms with E-state index in [1.165, 1.54) is 16.5 Å². The lowest BCUT2D eigenvalue weighted by Crippen LogP contribution is -2.39. The number of carbonyl (C=O) groups excluding carboxylic acids is 1. The third-order valence-electron chi connectivity index (χ3n) is 4.21. The van der Waals surface area contributed by atoms with E-state index in [2.05, 4.69) is 11.1 Å². The van der Waals surface area contributed by atoms with Crippen LogP contribution in [0.1, 0.15) is 39.0 Å². The molecule has 2 rings (SSSR count). The Morgan fingerprint density at radius 2 is 2.22 bits per heavy atom. The van der Waals surface area contributed by atoms with Gasteiger partial charge in [0.1, 0.15) is 5.82 Å². The zero-order chi connectivity index (χ0) is 17.0. The van der Waals surface area contributed by atoms with Crippen LogP contribution in [0.15, 0.2) is 21.7 Å². The molecule has 0 saturated carbocycles. The molecule has 0 spiro atoms. The van der Waals surface area contributed by atoms with Crippen molar-refractivity contribution in [2.24, 2.45) is 5.92 Å². The first kappa shape index (κ1) is 17.1.